The summed E-state index contributed by atoms with van der Waals surface area (Å²) in [6.07, 6.45) is 0.865. The Balaban J connectivity index is 2.12. The Morgan fingerprint density at radius 2 is 1.95 bits per heavy atom. The molecule has 2 aromatic rings. The summed E-state index contributed by atoms with van der Waals surface area (Å²) in [6, 6.07) is 14.2. The fraction of sp³-hybridized carbons (Fsp3) is 0.125. The average molecular weight is 333 g/mol. The number of fused-ring (bicyclic) bond motifs is 1. The minimum absolute atomic E-state index is 0.506. The monoisotopic (exact) mass is 332 g/mol. The lowest BCUT2D eigenvalue weighted by molar-refractivity contribution is -0.0128. The first kappa shape index (κ1) is 13.2. The summed E-state index contributed by atoms with van der Waals surface area (Å²) in [5, 5.41) is 12.0. The Labute approximate surface area is 125 Å². The van der Waals surface area contributed by atoms with Gasteiger partial charge in [-0.3, -0.25) is 0 Å². The van der Waals surface area contributed by atoms with Crippen molar-refractivity contribution in [2.45, 2.75) is 6.29 Å². The number of benzene rings is 2. The first-order valence-corrected chi connectivity index (χ1v) is 6.98. The lowest BCUT2D eigenvalue weighted by Crippen LogP contribution is -2.03. The van der Waals surface area contributed by atoms with E-state index in [2.05, 4.69) is 34.1 Å². The first-order chi connectivity index (χ1) is 9.70. The van der Waals surface area contributed by atoms with Gasteiger partial charge >= 0.3 is 0 Å². The topological polar surface area (TPSA) is 38.7 Å². The predicted octanol–water partition coefficient (Wildman–Crippen LogP) is 3.78. The zero-order chi connectivity index (χ0) is 14.1. The Kier molecular flexibility index (Phi) is 3.51. The zero-order valence-electron chi connectivity index (χ0n) is 10.8. The molecule has 102 valence electrons. The van der Waals surface area contributed by atoms with E-state index < -0.39 is 6.29 Å². The van der Waals surface area contributed by atoms with E-state index in [1.165, 1.54) is 0 Å². The van der Waals surface area contributed by atoms with Crippen LogP contribution in [0.1, 0.15) is 5.56 Å². The molecule has 0 saturated heterocycles. The molecular weight excluding hydrogens is 320 g/mol. The molecule has 0 bridgehead atoms. The quantitative estimate of drug-likeness (QED) is 0.909. The second kappa shape index (κ2) is 5.31. The lowest BCUT2D eigenvalue weighted by atomic mass is 10.0. The largest absolute Gasteiger partial charge is 0.492 e. The highest BCUT2D eigenvalue weighted by Crippen LogP contribution is 2.35. The molecule has 1 atom stereocenters. The van der Waals surface area contributed by atoms with Gasteiger partial charge < -0.3 is 14.6 Å². The minimum Gasteiger partial charge on any atom is -0.492 e. The molecule has 1 N–H and O–H groups in total. The van der Waals surface area contributed by atoms with Crippen molar-refractivity contribution in [2.24, 2.45) is 0 Å². The smallest absolute Gasteiger partial charge is 0.234 e. The van der Waals surface area contributed by atoms with E-state index in [0.717, 1.165) is 16.3 Å². The van der Waals surface area contributed by atoms with E-state index >= 15 is 0 Å². The van der Waals surface area contributed by atoms with Crippen LogP contribution in [0.5, 0.6) is 0 Å². The number of halogens is 1. The highest BCUT2D eigenvalue weighted by Gasteiger charge is 2.29. The minimum atomic E-state index is -1.01. The summed E-state index contributed by atoms with van der Waals surface area (Å²) < 4.78 is 11.2. The summed E-state index contributed by atoms with van der Waals surface area (Å²) >= 11 is 3.27. The van der Waals surface area contributed by atoms with Gasteiger partial charge in [-0.15, -0.1) is 0 Å². The molecule has 3 nitrogen and oxygen atoms in total. The first-order valence-electron chi connectivity index (χ1n) is 6.19. The molecule has 3 rings (SSSR count). The fourth-order valence-electron chi connectivity index (χ4n) is 2.27. The van der Waals surface area contributed by atoms with E-state index in [0.29, 0.717) is 16.0 Å². The van der Waals surface area contributed by atoms with Gasteiger partial charge in [-0.2, -0.15) is 0 Å². The van der Waals surface area contributed by atoms with Crippen LogP contribution in [0.3, 0.4) is 0 Å². The van der Waals surface area contributed by atoms with Crippen LogP contribution in [0.25, 0.3) is 16.8 Å². The molecule has 0 saturated carbocycles. The summed E-state index contributed by atoms with van der Waals surface area (Å²) in [5.74, 6) is 1.04. The fourth-order valence-corrected chi connectivity index (χ4v) is 2.72. The normalized spacial score (nSPS) is 20.6. The number of hydrogen-bond donors (Lipinski definition) is 1. The van der Waals surface area contributed by atoms with Gasteiger partial charge in [0.25, 0.3) is 0 Å². The molecule has 0 aliphatic carbocycles. The second-order valence-corrected chi connectivity index (χ2v) is 5.28. The molecule has 1 aliphatic rings. The van der Waals surface area contributed by atoms with Crippen molar-refractivity contribution in [3.63, 3.8) is 0 Å². The number of aliphatic hydroxyl groups excluding tert-OH is 1. The van der Waals surface area contributed by atoms with Gasteiger partial charge in [0.1, 0.15) is 4.48 Å². The molecule has 0 spiro atoms. The van der Waals surface area contributed by atoms with Gasteiger partial charge in [0.15, 0.2) is 11.5 Å². The van der Waals surface area contributed by atoms with E-state index in [-0.39, 0.29) is 0 Å². The van der Waals surface area contributed by atoms with Crippen LogP contribution in [0, 0.1) is 0 Å². The van der Waals surface area contributed by atoms with Crippen LogP contribution in [-0.4, -0.2) is 18.5 Å². The van der Waals surface area contributed by atoms with E-state index in [1.54, 1.807) is 7.11 Å². The SMILES string of the molecule is COC1=C(Br)C(O)O/C1=C\c1cccc2ccccc12. The van der Waals surface area contributed by atoms with Crippen molar-refractivity contribution < 1.29 is 14.6 Å². The van der Waals surface area contributed by atoms with Crippen molar-refractivity contribution in [3.05, 3.63) is 64.0 Å². The van der Waals surface area contributed by atoms with Crippen LogP contribution in [-0.2, 0) is 9.47 Å². The van der Waals surface area contributed by atoms with Gasteiger partial charge in [0.05, 0.1) is 7.11 Å². The summed E-state index contributed by atoms with van der Waals surface area (Å²) in [6.45, 7) is 0. The van der Waals surface area contributed by atoms with Crippen molar-refractivity contribution in [3.8, 4) is 0 Å². The van der Waals surface area contributed by atoms with Gasteiger partial charge in [-0.1, -0.05) is 42.5 Å². The molecule has 0 aromatic heterocycles. The summed E-state index contributed by atoms with van der Waals surface area (Å²) in [7, 11) is 1.55. The molecule has 0 radical (unpaired) electrons. The van der Waals surface area contributed by atoms with Crippen LogP contribution >= 0.6 is 15.9 Å². The summed E-state index contributed by atoms with van der Waals surface area (Å²) in [4.78, 5) is 0. The third-order valence-corrected chi connectivity index (χ3v) is 3.96. The molecule has 0 fully saturated rings. The van der Waals surface area contributed by atoms with E-state index in [9.17, 15) is 5.11 Å². The van der Waals surface area contributed by atoms with Gasteiger partial charge in [0, 0.05) is 0 Å². The second-order valence-electron chi connectivity index (χ2n) is 4.43. The molecule has 20 heavy (non-hydrogen) atoms. The highest BCUT2D eigenvalue weighted by atomic mass is 79.9. The van der Waals surface area contributed by atoms with Crippen molar-refractivity contribution >= 4 is 32.8 Å². The Morgan fingerprint density at radius 3 is 2.75 bits per heavy atom. The van der Waals surface area contributed by atoms with Crippen LogP contribution in [0.15, 0.2) is 58.5 Å². The Bertz CT molecular complexity index is 713. The van der Waals surface area contributed by atoms with Crippen molar-refractivity contribution in [1.82, 2.24) is 0 Å². The molecule has 2 aromatic carbocycles. The maximum absolute atomic E-state index is 9.71. The van der Waals surface area contributed by atoms with Crippen molar-refractivity contribution in [2.75, 3.05) is 7.11 Å². The van der Waals surface area contributed by atoms with Gasteiger partial charge in [-0.05, 0) is 38.3 Å². The standard InChI is InChI=1S/C16H13BrO3/c1-19-15-13(20-16(18)14(15)17)9-11-7-4-6-10-5-2-3-8-12(10)11/h2-9,16,18H,1H3/b13-9-. The van der Waals surface area contributed by atoms with Crippen LogP contribution < -0.4 is 0 Å². The molecule has 0 amide bonds. The number of aliphatic hydroxyl groups is 1. The predicted molar refractivity (Wildman–Crippen MR) is 82.0 cm³/mol. The number of rotatable bonds is 2. The molecule has 4 heteroatoms. The molecule has 1 heterocycles. The highest BCUT2D eigenvalue weighted by molar-refractivity contribution is 9.11. The molecular formula is C16H13BrO3. The third-order valence-electron chi connectivity index (χ3n) is 3.21. The Hall–Kier alpha value is -1.78. The number of hydrogen-bond acceptors (Lipinski definition) is 3. The average Bonchev–Trinajstić information content (AvgIpc) is 2.74. The zero-order valence-corrected chi connectivity index (χ0v) is 12.4. The van der Waals surface area contributed by atoms with Gasteiger partial charge in [-0.25, -0.2) is 0 Å². The molecule has 1 aliphatic heterocycles. The van der Waals surface area contributed by atoms with Crippen LogP contribution in [0.4, 0.5) is 0 Å². The molecule has 1 unspecified atom stereocenters. The van der Waals surface area contributed by atoms with Crippen molar-refractivity contribution in [1.29, 1.82) is 0 Å². The van der Waals surface area contributed by atoms with E-state index in [4.69, 9.17) is 9.47 Å². The van der Waals surface area contributed by atoms with E-state index in [1.807, 2.05) is 30.3 Å². The lowest BCUT2D eigenvalue weighted by Gasteiger charge is -2.07. The van der Waals surface area contributed by atoms with Crippen LogP contribution in [0.2, 0.25) is 0 Å². The van der Waals surface area contributed by atoms with Gasteiger partial charge in [0.2, 0.25) is 6.29 Å². The summed E-state index contributed by atoms with van der Waals surface area (Å²) in [5.41, 5.74) is 1.02. The third kappa shape index (κ3) is 2.21. The number of methoxy groups -OCH3 is 1. The maximum atomic E-state index is 9.71. The Morgan fingerprint density at radius 1 is 1.20 bits per heavy atom. The maximum Gasteiger partial charge on any atom is 0.234 e. The number of ether oxygens (including phenoxy) is 2.